The molecule has 0 fully saturated rings. The van der Waals surface area contributed by atoms with E-state index in [0.29, 0.717) is 13.0 Å². The van der Waals surface area contributed by atoms with Crippen molar-refractivity contribution in [3.8, 4) is 0 Å². The van der Waals surface area contributed by atoms with E-state index in [-0.39, 0.29) is 17.9 Å². The molecule has 2 rings (SSSR count). The van der Waals surface area contributed by atoms with E-state index in [9.17, 15) is 4.79 Å². The Morgan fingerprint density at radius 1 is 1.38 bits per heavy atom. The lowest BCUT2D eigenvalue weighted by Gasteiger charge is -2.19. The highest BCUT2D eigenvalue weighted by Crippen LogP contribution is 2.18. The van der Waals surface area contributed by atoms with Crippen molar-refractivity contribution in [1.82, 2.24) is 20.1 Å². The molecule has 0 aliphatic heterocycles. The molecule has 3 N–H and O–H groups in total. The van der Waals surface area contributed by atoms with Crippen molar-refractivity contribution in [1.29, 1.82) is 0 Å². The van der Waals surface area contributed by atoms with Crippen LogP contribution in [0.2, 0.25) is 0 Å². The molecule has 1 amide bonds. The molecule has 1 heterocycles. The first kappa shape index (κ1) is 15.2. The van der Waals surface area contributed by atoms with Gasteiger partial charge in [0.2, 0.25) is 5.91 Å². The fraction of sp³-hybridized carbons (Fsp3) is 0.400. The minimum absolute atomic E-state index is 0.0534. The van der Waals surface area contributed by atoms with E-state index in [1.807, 2.05) is 44.3 Å². The first-order valence-corrected chi connectivity index (χ1v) is 7.00. The number of nitrogens with zero attached hydrogens (tertiary/aromatic N) is 3. The van der Waals surface area contributed by atoms with Crippen molar-refractivity contribution in [2.75, 3.05) is 6.54 Å². The predicted molar refractivity (Wildman–Crippen MR) is 80.3 cm³/mol. The van der Waals surface area contributed by atoms with Crippen molar-refractivity contribution in [3.05, 3.63) is 48.0 Å². The summed E-state index contributed by atoms with van der Waals surface area (Å²) in [4.78, 5) is 16.2. The summed E-state index contributed by atoms with van der Waals surface area (Å²) in [5.41, 5.74) is 7.10. The lowest BCUT2D eigenvalue weighted by molar-refractivity contribution is -0.125. The van der Waals surface area contributed by atoms with E-state index >= 15 is 0 Å². The molecule has 0 bridgehead atoms. The molecule has 0 aliphatic rings. The average molecular weight is 287 g/mol. The number of carbonyl (C=O) groups excluding carboxylic acids is 1. The number of benzene rings is 1. The van der Waals surface area contributed by atoms with Gasteiger partial charge in [-0.25, -0.2) is 4.98 Å². The largest absolute Gasteiger partial charge is 0.355 e. The molecule has 2 unspecified atom stereocenters. The van der Waals surface area contributed by atoms with Crippen molar-refractivity contribution in [2.45, 2.75) is 19.4 Å². The topological polar surface area (TPSA) is 85.8 Å². The molecule has 0 radical (unpaired) electrons. The molecule has 0 saturated heterocycles. The molecule has 0 aliphatic carbocycles. The fourth-order valence-electron chi connectivity index (χ4n) is 2.08. The van der Waals surface area contributed by atoms with Gasteiger partial charge in [-0.05, 0) is 5.56 Å². The Bertz CT molecular complexity index is 581. The molecule has 0 spiro atoms. The van der Waals surface area contributed by atoms with Gasteiger partial charge < -0.3 is 11.1 Å². The summed E-state index contributed by atoms with van der Waals surface area (Å²) < 4.78 is 1.64. The van der Waals surface area contributed by atoms with E-state index in [1.54, 1.807) is 11.0 Å². The van der Waals surface area contributed by atoms with Gasteiger partial charge in [-0.3, -0.25) is 9.48 Å². The van der Waals surface area contributed by atoms with Crippen LogP contribution in [0.3, 0.4) is 0 Å². The number of hydrogen-bond donors (Lipinski definition) is 2. The molecule has 0 saturated carbocycles. The summed E-state index contributed by atoms with van der Waals surface area (Å²) in [6.45, 7) is 2.35. The zero-order valence-corrected chi connectivity index (χ0v) is 12.4. The summed E-state index contributed by atoms with van der Waals surface area (Å²) in [6, 6.07) is 9.34. The molecular formula is C15H21N5O. The summed E-state index contributed by atoms with van der Waals surface area (Å²) >= 11 is 0. The summed E-state index contributed by atoms with van der Waals surface area (Å²) in [5.74, 6) is 0.379. The highest BCUT2D eigenvalue weighted by Gasteiger charge is 2.21. The van der Waals surface area contributed by atoms with Crippen LogP contribution in [0.25, 0.3) is 0 Å². The normalized spacial score (nSPS) is 13.7. The minimum atomic E-state index is -0.306. The fourth-order valence-corrected chi connectivity index (χ4v) is 2.08. The average Bonchev–Trinajstić information content (AvgIpc) is 2.92. The highest BCUT2D eigenvalue weighted by atomic mass is 16.1. The molecule has 2 aromatic rings. The van der Waals surface area contributed by atoms with Crippen LogP contribution in [-0.4, -0.2) is 27.2 Å². The van der Waals surface area contributed by atoms with E-state index in [0.717, 1.165) is 11.4 Å². The van der Waals surface area contributed by atoms with Crippen LogP contribution in [0.15, 0.2) is 36.7 Å². The molecule has 2 atom stereocenters. The first-order chi connectivity index (χ1) is 10.1. The number of hydrogen-bond acceptors (Lipinski definition) is 4. The second kappa shape index (κ2) is 6.99. The second-order valence-electron chi connectivity index (χ2n) is 5.10. The van der Waals surface area contributed by atoms with E-state index in [2.05, 4.69) is 15.4 Å². The number of carbonyl (C=O) groups is 1. The van der Waals surface area contributed by atoms with E-state index < -0.39 is 0 Å². The van der Waals surface area contributed by atoms with Gasteiger partial charge in [0.15, 0.2) is 5.82 Å². The van der Waals surface area contributed by atoms with Crippen LogP contribution in [0.1, 0.15) is 24.4 Å². The molecule has 1 aromatic heterocycles. The Balaban J connectivity index is 1.82. The minimum Gasteiger partial charge on any atom is -0.355 e. The van der Waals surface area contributed by atoms with Crippen molar-refractivity contribution in [2.24, 2.45) is 18.7 Å². The molecular weight excluding hydrogens is 266 g/mol. The second-order valence-corrected chi connectivity index (χ2v) is 5.10. The maximum Gasteiger partial charge on any atom is 0.224 e. The SMILES string of the molecule is CC(C(=O)NCCc1ncn(C)n1)C(N)c1ccccc1. The monoisotopic (exact) mass is 287 g/mol. The molecule has 6 nitrogen and oxygen atoms in total. The maximum atomic E-state index is 12.1. The zero-order valence-electron chi connectivity index (χ0n) is 12.4. The molecule has 21 heavy (non-hydrogen) atoms. The highest BCUT2D eigenvalue weighted by molar-refractivity contribution is 5.79. The standard InChI is InChI=1S/C15H21N5O/c1-11(14(16)12-6-4-3-5-7-12)15(21)17-9-8-13-18-10-20(2)19-13/h3-7,10-11,14H,8-9,16H2,1-2H3,(H,17,21). The zero-order chi connectivity index (χ0) is 15.2. The van der Waals surface area contributed by atoms with Gasteiger partial charge in [-0.1, -0.05) is 37.3 Å². The number of amides is 1. The summed E-state index contributed by atoms with van der Waals surface area (Å²) in [6.07, 6.45) is 2.25. The number of nitrogens with two attached hydrogens (primary N) is 1. The Hall–Kier alpha value is -2.21. The van der Waals surface area contributed by atoms with Gasteiger partial charge in [-0.2, -0.15) is 5.10 Å². The van der Waals surface area contributed by atoms with Crippen LogP contribution in [0.4, 0.5) is 0 Å². The van der Waals surface area contributed by atoms with Crippen LogP contribution in [-0.2, 0) is 18.3 Å². The van der Waals surface area contributed by atoms with Gasteiger partial charge in [-0.15, -0.1) is 0 Å². The third-order valence-corrected chi connectivity index (χ3v) is 3.43. The lowest BCUT2D eigenvalue weighted by Crippen LogP contribution is -2.36. The number of aromatic nitrogens is 3. The van der Waals surface area contributed by atoms with Crippen LogP contribution >= 0.6 is 0 Å². The predicted octanol–water partition coefficient (Wildman–Crippen LogP) is 0.810. The van der Waals surface area contributed by atoms with Crippen molar-refractivity contribution in [3.63, 3.8) is 0 Å². The third kappa shape index (κ3) is 4.13. The molecule has 112 valence electrons. The van der Waals surface area contributed by atoms with Gasteiger partial charge in [0.05, 0.1) is 5.92 Å². The molecule has 1 aromatic carbocycles. The van der Waals surface area contributed by atoms with Gasteiger partial charge in [0.25, 0.3) is 0 Å². The van der Waals surface area contributed by atoms with E-state index in [4.69, 9.17) is 5.73 Å². The van der Waals surface area contributed by atoms with Gasteiger partial charge in [0.1, 0.15) is 6.33 Å². The number of nitrogens with one attached hydrogen (secondary N) is 1. The summed E-state index contributed by atoms with van der Waals surface area (Å²) in [5, 5.41) is 7.05. The van der Waals surface area contributed by atoms with Crippen LogP contribution in [0, 0.1) is 5.92 Å². The Kier molecular flexibility index (Phi) is 5.05. The van der Waals surface area contributed by atoms with Crippen LogP contribution in [0.5, 0.6) is 0 Å². The quantitative estimate of drug-likeness (QED) is 0.823. The Morgan fingerprint density at radius 3 is 2.71 bits per heavy atom. The smallest absolute Gasteiger partial charge is 0.224 e. The number of aryl methyl sites for hydroxylation is 1. The Labute approximate surface area is 124 Å². The summed E-state index contributed by atoms with van der Waals surface area (Å²) in [7, 11) is 1.82. The van der Waals surface area contributed by atoms with Crippen molar-refractivity contribution < 1.29 is 4.79 Å². The van der Waals surface area contributed by atoms with E-state index in [1.165, 1.54) is 0 Å². The third-order valence-electron chi connectivity index (χ3n) is 3.43. The number of rotatable bonds is 6. The van der Waals surface area contributed by atoms with Gasteiger partial charge in [0, 0.05) is 26.1 Å². The Morgan fingerprint density at radius 2 is 2.10 bits per heavy atom. The molecule has 6 heteroatoms. The maximum absolute atomic E-state index is 12.1. The van der Waals surface area contributed by atoms with Crippen molar-refractivity contribution >= 4 is 5.91 Å². The lowest BCUT2D eigenvalue weighted by atomic mass is 9.95. The van der Waals surface area contributed by atoms with Gasteiger partial charge >= 0.3 is 0 Å². The van der Waals surface area contributed by atoms with Crippen LogP contribution < -0.4 is 11.1 Å². The first-order valence-electron chi connectivity index (χ1n) is 7.00.